The van der Waals surface area contributed by atoms with E-state index in [0.29, 0.717) is 17.4 Å². The lowest BCUT2D eigenvalue weighted by atomic mass is 10.0. The number of hydrogen-bond acceptors (Lipinski definition) is 8. The summed E-state index contributed by atoms with van der Waals surface area (Å²) in [7, 11) is 1.10. The second-order valence-electron chi connectivity index (χ2n) is 15.4. The van der Waals surface area contributed by atoms with Crippen molar-refractivity contribution < 1.29 is 42.1 Å². The van der Waals surface area contributed by atoms with Crippen molar-refractivity contribution in [1.29, 1.82) is 0 Å². The van der Waals surface area contributed by atoms with Gasteiger partial charge in [0.05, 0.1) is 27.7 Å². The molecule has 0 bridgehead atoms. The van der Waals surface area contributed by atoms with Gasteiger partial charge in [-0.2, -0.15) is 0 Å². The van der Waals surface area contributed by atoms with Crippen molar-refractivity contribution >= 4 is 19.8 Å². The maximum Gasteiger partial charge on any atom is 0.306 e. The van der Waals surface area contributed by atoms with Crippen LogP contribution in [0.15, 0.2) is 85.6 Å². The van der Waals surface area contributed by atoms with Crippen LogP contribution in [0.5, 0.6) is 0 Å². The molecule has 0 N–H and O–H groups in total. The Morgan fingerprint density at radius 3 is 1.49 bits per heavy atom. The third kappa shape index (κ3) is 42.6. The molecular weight excluding hydrogens is 737 g/mol. The van der Waals surface area contributed by atoms with Gasteiger partial charge in [0, 0.05) is 12.8 Å². The lowest BCUT2D eigenvalue weighted by Gasteiger charge is -2.28. The number of unbranched alkanes of at least 4 members (excludes halogenated alkanes) is 12. The van der Waals surface area contributed by atoms with Crippen LogP contribution in [0.1, 0.15) is 148 Å². The van der Waals surface area contributed by atoms with E-state index in [9.17, 15) is 19.0 Å². The average Bonchev–Trinajstić information content (AvgIpc) is 3.16. The van der Waals surface area contributed by atoms with Crippen LogP contribution >= 0.6 is 7.82 Å². The van der Waals surface area contributed by atoms with Crippen LogP contribution in [0, 0.1) is 0 Å². The Balaban J connectivity index is 4.50. The van der Waals surface area contributed by atoms with E-state index in [1.165, 1.54) is 64.2 Å². The molecule has 0 rings (SSSR count). The van der Waals surface area contributed by atoms with Crippen molar-refractivity contribution in [3.05, 3.63) is 85.6 Å². The fourth-order valence-electron chi connectivity index (χ4n) is 5.41. The zero-order valence-electron chi connectivity index (χ0n) is 36.3. The van der Waals surface area contributed by atoms with Crippen molar-refractivity contribution in [2.24, 2.45) is 0 Å². The number of esters is 2. The zero-order chi connectivity index (χ0) is 42.1. The second kappa shape index (κ2) is 38.7. The molecule has 57 heavy (non-hydrogen) atoms. The molecule has 0 fully saturated rings. The molecule has 0 saturated heterocycles. The van der Waals surface area contributed by atoms with E-state index < -0.39 is 32.5 Å². The minimum atomic E-state index is -4.65. The highest BCUT2D eigenvalue weighted by Crippen LogP contribution is 2.38. The third-order valence-electron chi connectivity index (χ3n) is 8.82. The van der Waals surface area contributed by atoms with Gasteiger partial charge in [0.2, 0.25) is 0 Å². The molecule has 0 aliphatic heterocycles. The smallest absolute Gasteiger partial charge is 0.306 e. The van der Waals surface area contributed by atoms with E-state index in [1.54, 1.807) is 0 Å². The van der Waals surface area contributed by atoms with Crippen LogP contribution in [-0.2, 0) is 32.7 Å². The summed E-state index contributed by atoms with van der Waals surface area (Å²) in [5.41, 5.74) is 0. The van der Waals surface area contributed by atoms with Gasteiger partial charge in [-0.15, -0.1) is 6.58 Å². The molecule has 0 radical (unpaired) electrons. The number of carbonyl (C=O) groups excluding carboxylic acids is 2. The standard InChI is InChI=1S/C47H80NO8P/c1-6-8-10-12-14-16-18-20-21-22-23-24-25-26-28-30-32-34-36-38-40-47(50)56-45(44-55-57(51,52)54-42-41-48(3,4)5)43-53-46(49)39-37-35-33-31-29-27-19-17-15-13-11-9-7-2/h6,10,12,16,18,21-22,24-25,28,30,34,36,45H,1,7-9,11,13-15,17,19-20,23,26-27,29,31-33,35,37-44H2,2-5H3/b12-10-,18-16-,22-21-,25-24-,30-28-,36-34-. The van der Waals surface area contributed by atoms with E-state index in [-0.39, 0.29) is 26.1 Å². The van der Waals surface area contributed by atoms with Crippen LogP contribution < -0.4 is 4.89 Å². The van der Waals surface area contributed by atoms with Crippen molar-refractivity contribution in [3.8, 4) is 0 Å². The van der Waals surface area contributed by atoms with E-state index >= 15 is 0 Å². The molecule has 326 valence electrons. The van der Waals surface area contributed by atoms with Gasteiger partial charge < -0.3 is 27.9 Å². The molecule has 0 amide bonds. The molecule has 10 heteroatoms. The van der Waals surface area contributed by atoms with Gasteiger partial charge >= 0.3 is 11.9 Å². The first-order valence-corrected chi connectivity index (χ1v) is 23.2. The lowest BCUT2D eigenvalue weighted by Crippen LogP contribution is -2.37. The molecule has 0 aromatic heterocycles. The molecule has 0 heterocycles. The first kappa shape index (κ1) is 54.2. The molecule has 9 nitrogen and oxygen atoms in total. The quantitative estimate of drug-likeness (QED) is 0.0198. The van der Waals surface area contributed by atoms with Gasteiger partial charge in [0.25, 0.3) is 7.82 Å². The number of phosphoric acid groups is 1. The summed E-state index contributed by atoms with van der Waals surface area (Å²) >= 11 is 0. The molecular formula is C47H80NO8P. The van der Waals surface area contributed by atoms with Crippen molar-refractivity contribution in [3.63, 3.8) is 0 Å². The number of phosphoric ester groups is 1. The van der Waals surface area contributed by atoms with Gasteiger partial charge in [0.15, 0.2) is 6.10 Å². The topological polar surface area (TPSA) is 111 Å². The fourth-order valence-corrected chi connectivity index (χ4v) is 6.14. The Kier molecular flexibility index (Phi) is 36.8. The summed E-state index contributed by atoms with van der Waals surface area (Å²) < 4.78 is 33.8. The molecule has 0 spiro atoms. The van der Waals surface area contributed by atoms with Crippen LogP contribution in [0.4, 0.5) is 0 Å². The Morgan fingerprint density at radius 2 is 1.04 bits per heavy atom. The molecule has 0 aliphatic rings. The summed E-state index contributed by atoms with van der Waals surface area (Å²) in [4.78, 5) is 37.5. The average molecular weight is 818 g/mol. The number of rotatable bonds is 39. The summed E-state index contributed by atoms with van der Waals surface area (Å²) in [5, 5.41) is 0. The molecule has 0 aromatic carbocycles. The molecule has 0 aliphatic carbocycles. The van der Waals surface area contributed by atoms with Crippen LogP contribution in [0.3, 0.4) is 0 Å². The Morgan fingerprint density at radius 1 is 0.596 bits per heavy atom. The molecule has 0 aromatic rings. The maximum atomic E-state index is 12.6. The lowest BCUT2D eigenvalue weighted by molar-refractivity contribution is -0.870. The SMILES string of the molecule is C=CC/C=C\C/C=C\C/C=C\C/C=C\C/C=C\C/C=C\CCC(=O)OC(COC(=O)CCCCCCCCCCCCCCC)COP(=O)([O-])OCC[N+](C)(C)C. The van der Waals surface area contributed by atoms with E-state index in [4.69, 9.17) is 18.5 Å². The Hall–Kier alpha value is -2.81. The van der Waals surface area contributed by atoms with Gasteiger partial charge in [0.1, 0.15) is 19.8 Å². The second-order valence-corrected chi connectivity index (χ2v) is 16.9. The van der Waals surface area contributed by atoms with Crippen LogP contribution in [0.25, 0.3) is 0 Å². The van der Waals surface area contributed by atoms with Gasteiger partial charge in [-0.1, -0.05) is 163 Å². The summed E-state index contributed by atoms with van der Waals surface area (Å²) in [5.74, 6) is -0.940. The van der Waals surface area contributed by atoms with Crippen LogP contribution in [0.2, 0.25) is 0 Å². The highest BCUT2D eigenvalue weighted by Gasteiger charge is 2.21. The van der Waals surface area contributed by atoms with Crippen molar-refractivity contribution in [2.75, 3.05) is 47.5 Å². The zero-order valence-corrected chi connectivity index (χ0v) is 37.2. The minimum Gasteiger partial charge on any atom is -0.756 e. The van der Waals surface area contributed by atoms with E-state index in [0.717, 1.165) is 57.8 Å². The summed E-state index contributed by atoms with van der Waals surface area (Å²) in [6.07, 6.45) is 48.0. The van der Waals surface area contributed by atoms with Crippen molar-refractivity contribution in [1.82, 2.24) is 0 Å². The predicted molar refractivity (Wildman–Crippen MR) is 236 cm³/mol. The molecule has 0 saturated carbocycles. The number of quaternary nitrogens is 1. The molecule has 2 atom stereocenters. The van der Waals surface area contributed by atoms with Gasteiger partial charge in [-0.05, 0) is 51.4 Å². The van der Waals surface area contributed by atoms with E-state index in [2.05, 4.69) is 74.3 Å². The number of carbonyl (C=O) groups is 2. The minimum absolute atomic E-state index is 0.0485. The number of nitrogens with zero attached hydrogens (tertiary/aromatic N) is 1. The highest BCUT2D eigenvalue weighted by molar-refractivity contribution is 7.45. The number of allylic oxidation sites excluding steroid dienone is 13. The van der Waals surface area contributed by atoms with Crippen molar-refractivity contribution in [2.45, 2.75) is 154 Å². The number of ether oxygens (including phenoxy) is 2. The number of hydrogen-bond donors (Lipinski definition) is 0. The fraction of sp³-hybridized carbons (Fsp3) is 0.660. The van der Waals surface area contributed by atoms with Crippen LogP contribution in [-0.4, -0.2) is 70.0 Å². The Bertz CT molecular complexity index is 1230. The highest BCUT2D eigenvalue weighted by atomic mass is 31.2. The van der Waals surface area contributed by atoms with Gasteiger partial charge in [-0.3, -0.25) is 14.2 Å². The first-order valence-electron chi connectivity index (χ1n) is 21.8. The largest absolute Gasteiger partial charge is 0.756 e. The number of likely N-dealkylation sites (N-methyl/N-ethyl adjacent to an activating group) is 1. The summed E-state index contributed by atoms with van der Waals surface area (Å²) in [6, 6.07) is 0. The Labute approximate surface area is 348 Å². The summed E-state index contributed by atoms with van der Waals surface area (Å²) in [6.45, 7) is 5.56. The first-order chi connectivity index (χ1) is 27.5. The van der Waals surface area contributed by atoms with E-state index in [1.807, 2.05) is 39.4 Å². The van der Waals surface area contributed by atoms with Gasteiger partial charge in [-0.25, -0.2) is 0 Å². The maximum absolute atomic E-state index is 12.6. The predicted octanol–water partition coefficient (Wildman–Crippen LogP) is 11.8. The molecule has 2 unspecified atom stereocenters. The normalized spacial score (nSPS) is 14.2. The third-order valence-corrected chi connectivity index (χ3v) is 9.79. The monoisotopic (exact) mass is 818 g/mol.